The van der Waals surface area contributed by atoms with E-state index in [4.69, 9.17) is 20.8 Å². The van der Waals surface area contributed by atoms with Crippen LogP contribution in [-0.2, 0) is 9.53 Å². The fraction of sp³-hybridized carbons (Fsp3) is 0.250. The highest BCUT2D eigenvalue weighted by Gasteiger charge is 2.17. The maximum absolute atomic E-state index is 12.2. The van der Waals surface area contributed by atoms with E-state index >= 15 is 0 Å². The van der Waals surface area contributed by atoms with Crippen LogP contribution < -0.4 is 10.1 Å². The van der Waals surface area contributed by atoms with Gasteiger partial charge in [-0.15, -0.1) is 0 Å². The number of carbonyl (C=O) groups excluding carboxylic acids is 2. The first kappa shape index (κ1) is 18.7. The van der Waals surface area contributed by atoms with Gasteiger partial charge >= 0.3 is 12.6 Å². The molecule has 0 spiro atoms. The molecule has 6 nitrogen and oxygen atoms in total. The van der Waals surface area contributed by atoms with Crippen molar-refractivity contribution in [2.45, 2.75) is 20.5 Å². The van der Waals surface area contributed by atoms with Gasteiger partial charge in [0.15, 0.2) is 6.61 Å². The number of benzene rings is 1. The normalized spacial score (nSPS) is 10.6. The third-order valence-electron chi connectivity index (χ3n) is 3.03. The average Bonchev–Trinajstić information content (AvgIpc) is 2.86. The van der Waals surface area contributed by atoms with Crippen molar-refractivity contribution in [1.82, 2.24) is 0 Å². The van der Waals surface area contributed by atoms with E-state index in [1.165, 1.54) is 24.3 Å². The van der Waals surface area contributed by atoms with Gasteiger partial charge in [-0.2, -0.15) is 8.78 Å². The van der Waals surface area contributed by atoms with Crippen LogP contribution in [0.5, 0.6) is 5.75 Å². The number of hydrogen-bond donors (Lipinski definition) is 1. The average molecular weight is 374 g/mol. The Labute approximate surface area is 146 Å². The van der Waals surface area contributed by atoms with E-state index in [0.717, 1.165) is 0 Å². The molecule has 0 bridgehead atoms. The molecule has 0 radical (unpaired) electrons. The number of carbonyl (C=O) groups is 2. The molecule has 0 aliphatic heterocycles. The Morgan fingerprint density at radius 3 is 2.56 bits per heavy atom. The third kappa shape index (κ3) is 5.18. The molecule has 134 valence electrons. The van der Waals surface area contributed by atoms with E-state index in [9.17, 15) is 18.4 Å². The Kier molecular flexibility index (Phi) is 5.97. The lowest BCUT2D eigenvalue weighted by molar-refractivity contribution is -0.119. The maximum atomic E-state index is 12.2. The van der Waals surface area contributed by atoms with Gasteiger partial charge in [0.25, 0.3) is 5.91 Å². The molecule has 1 aromatic heterocycles. The summed E-state index contributed by atoms with van der Waals surface area (Å²) in [6.07, 6.45) is 0. The number of ether oxygens (including phenoxy) is 2. The summed E-state index contributed by atoms with van der Waals surface area (Å²) in [6, 6.07) is 5.26. The zero-order valence-corrected chi connectivity index (χ0v) is 14.0. The van der Waals surface area contributed by atoms with Gasteiger partial charge in [-0.05, 0) is 38.1 Å². The van der Waals surface area contributed by atoms with Crippen molar-refractivity contribution in [3.63, 3.8) is 0 Å². The molecule has 0 aliphatic carbocycles. The molecule has 0 saturated carbocycles. The summed E-state index contributed by atoms with van der Waals surface area (Å²) < 4.78 is 38.6. The molecule has 1 N–H and O–H groups in total. The predicted molar refractivity (Wildman–Crippen MR) is 85.2 cm³/mol. The topological polar surface area (TPSA) is 77.8 Å². The van der Waals surface area contributed by atoms with Crippen LogP contribution in [0.3, 0.4) is 0 Å². The van der Waals surface area contributed by atoms with Crippen LogP contribution in [-0.4, -0.2) is 25.1 Å². The standard InChI is InChI=1S/C16H14ClF2NO5/c1-8-5-11(9(2)24-8)15(22)23-7-14(21)20-10-3-4-13(12(17)6-10)25-16(18)19/h3-6,16H,7H2,1-2H3,(H,20,21). The molecule has 2 aromatic rings. The van der Waals surface area contributed by atoms with Gasteiger partial charge in [-0.25, -0.2) is 4.79 Å². The second kappa shape index (κ2) is 7.98. The fourth-order valence-corrected chi connectivity index (χ4v) is 2.23. The number of esters is 1. The summed E-state index contributed by atoms with van der Waals surface area (Å²) in [5, 5.41) is 2.33. The predicted octanol–water partition coefficient (Wildman–Crippen LogP) is 3.95. The number of rotatable bonds is 6. The molecule has 2 rings (SSSR count). The largest absolute Gasteiger partial charge is 0.466 e. The number of furan rings is 1. The van der Waals surface area contributed by atoms with Crippen molar-refractivity contribution in [2.24, 2.45) is 0 Å². The zero-order chi connectivity index (χ0) is 18.6. The zero-order valence-electron chi connectivity index (χ0n) is 13.3. The number of amides is 1. The first-order chi connectivity index (χ1) is 11.8. The van der Waals surface area contributed by atoms with E-state index < -0.39 is 25.1 Å². The van der Waals surface area contributed by atoms with Gasteiger partial charge in [0.05, 0.1) is 5.02 Å². The SMILES string of the molecule is Cc1cc(C(=O)OCC(=O)Nc2ccc(OC(F)F)c(Cl)c2)c(C)o1. The Balaban J connectivity index is 1.91. The molecular weight excluding hydrogens is 360 g/mol. The molecule has 1 amide bonds. The van der Waals surface area contributed by atoms with Gasteiger partial charge in [0.1, 0.15) is 22.8 Å². The van der Waals surface area contributed by atoms with E-state index in [2.05, 4.69) is 10.1 Å². The summed E-state index contributed by atoms with van der Waals surface area (Å²) in [7, 11) is 0. The summed E-state index contributed by atoms with van der Waals surface area (Å²) >= 11 is 5.78. The second-order valence-electron chi connectivity index (χ2n) is 4.97. The number of nitrogens with one attached hydrogen (secondary N) is 1. The van der Waals surface area contributed by atoms with E-state index in [-0.39, 0.29) is 22.0 Å². The van der Waals surface area contributed by atoms with Crippen LogP contribution in [0, 0.1) is 13.8 Å². The molecule has 0 fully saturated rings. The molecule has 0 unspecified atom stereocenters. The highest BCUT2D eigenvalue weighted by Crippen LogP contribution is 2.28. The third-order valence-corrected chi connectivity index (χ3v) is 3.32. The van der Waals surface area contributed by atoms with Crippen molar-refractivity contribution in [3.05, 3.63) is 46.4 Å². The van der Waals surface area contributed by atoms with Gasteiger partial charge in [-0.1, -0.05) is 11.6 Å². The fourth-order valence-electron chi connectivity index (χ4n) is 2.01. The monoisotopic (exact) mass is 373 g/mol. The van der Waals surface area contributed by atoms with Crippen LogP contribution in [0.15, 0.2) is 28.7 Å². The summed E-state index contributed by atoms with van der Waals surface area (Å²) in [5.41, 5.74) is 0.477. The minimum absolute atomic E-state index is 0.0976. The van der Waals surface area contributed by atoms with Crippen molar-refractivity contribution >= 4 is 29.2 Å². The van der Waals surface area contributed by atoms with Gasteiger partial charge < -0.3 is 19.2 Å². The molecule has 9 heteroatoms. The molecule has 0 saturated heterocycles. The van der Waals surface area contributed by atoms with Crippen molar-refractivity contribution in [1.29, 1.82) is 0 Å². The highest BCUT2D eigenvalue weighted by atomic mass is 35.5. The number of alkyl halides is 2. The van der Waals surface area contributed by atoms with E-state index in [1.54, 1.807) is 13.8 Å². The first-order valence-corrected chi connectivity index (χ1v) is 7.42. The number of aryl methyl sites for hydroxylation is 2. The molecule has 1 aromatic carbocycles. The second-order valence-corrected chi connectivity index (χ2v) is 5.38. The molecule has 0 aliphatic rings. The Hall–Kier alpha value is -2.61. The summed E-state index contributed by atoms with van der Waals surface area (Å²) in [5.74, 6) is -0.584. The Morgan fingerprint density at radius 2 is 2.00 bits per heavy atom. The summed E-state index contributed by atoms with van der Waals surface area (Å²) in [4.78, 5) is 23.7. The van der Waals surface area contributed by atoms with Crippen molar-refractivity contribution in [2.75, 3.05) is 11.9 Å². The van der Waals surface area contributed by atoms with Crippen LogP contribution in [0.2, 0.25) is 5.02 Å². The Bertz CT molecular complexity index is 791. The minimum atomic E-state index is -3.01. The van der Waals surface area contributed by atoms with E-state index in [1.807, 2.05) is 0 Å². The minimum Gasteiger partial charge on any atom is -0.466 e. The van der Waals surface area contributed by atoms with Gasteiger partial charge in [0, 0.05) is 5.69 Å². The first-order valence-electron chi connectivity index (χ1n) is 7.04. The maximum Gasteiger partial charge on any atom is 0.387 e. The lowest BCUT2D eigenvalue weighted by Crippen LogP contribution is -2.21. The van der Waals surface area contributed by atoms with Crippen LogP contribution >= 0.6 is 11.6 Å². The Morgan fingerprint density at radius 1 is 1.28 bits per heavy atom. The lowest BCUT2D eigenvalue weighted by atomic mass is 10.2. The lowest BCUT2D eigenvalue weighted by Gasteiger charge is -2.10. The van der Waals surface area contributed by atoms with Crippen LogP contribution in [0.4, 0.5) is 14.5 Å². The van der Waals surface area contributed by atoms with Crippen LogP contribution in [0.25, 0.3) is 0 Å². The highest BCUT2D eigenvalue weighted by molar-refractivity contribution is 6.32. The van der Waals surface area contributed by atoms with Crippen molar-refractivity contribution < 1.29 is 32.3 Å². The van der Waals surface area contributed by atoms with Crippen LogP contribution in [0.1, 0.15) is 21.9 Å². The molecule has 25 heavy (non-hydrogen) atoms. The summed E-state index contributed by atoms with van der Waals surface area (Å²) in [6.45, 7) is -0.251. The number of hydrogen-bond acceptors (Lipinski definition) is 5. The van der Waals surface area contributed by atoms with Gasteiger partial charge in [0.2, 0.25) is 0 Å². The van der Waals surface area contributed by atoms with Gasteiger partial charge in [-0.3, -0.25) is 4.79 Å². The smallest absolute Gasteiger partial charge is 0.387 e. The molecular formula is C16H14ClF2NO5. The van der Waals surface area contributed by atoms with Crippen molar-refractivity contribution in [3.8, 4) is 5.75 Å². The number of halogens is 3. The molecule has 1 heterocycles. The van der Waals surface area contributed by atoms with E-state index in [0.29, 0.717) is 11.5 Å². The quantitative estimate of drug-likeness (QED) is 0.776. The number of anilines is 1. The molecule has 0 atom stereocenters.